The van der Waals surface area contributed by atoms with Crippen molar-refractivity contribution >= 4 is 23.2 Å². The molecular formula is C14H20ClN3O. The molecule has 5 heteroatoms. The lowest BCUT2D eigenvalue weighted by Gasteiger charge is -2.36. The Kier molecular flexibility index (Phi) is 4.77. The Morgan fingerprint density at radius 1 is 1.42 bits per heavy atom. The molecule has 1 aliphatic rings. The van der Waals surface area contributed by atoms with Gasteiger partial charge in [-0.15, -0.1) is 0 Å². The summed E-state index contributed by atoms with van der Waals surface area (Å²) in [5.41, 5.74) is 0.521. The van der Waals surface area contributed by atoms with E-state index in [1.807, 2.05) is 7.05 Å². The Balaban J connectivity index is 1.98. The number of nitrogens with zero attached hydrogens (tertiary/aromatic N) is 1. The summed E-state index contributed by atoms with van der Waals surface area (Å²) in [5.74, 6) is -0.00819. The minimum Gasteiger partial charge on any atom is -0.323 e. The summed E-state index contributed by atoms with van der Waals surface area (Å²) >= 11 is 6.01. The monoisotopic (exact) mass is 281 g/mol. The van der Waals surface area contributed by atoms with Crippen molar-refractivity contribution in [3.63, 3.8) is 0 Å². The highest BCUT2D eigenvalue weighted by Gasteiger charge is 2.32. The van der Waals surface area contributed by atoms with Gasteiger partial charge in [-0.3, -0.25) is 9.78 Å². The summed E-state index contributed by atoms with van der Waals surface area (Å²) in [6, 6.07) is 1.67. The molecule has 1 fully saturated rings. The number of rotatable bonds is 4. The van der Waals surface area contributed by atoms with Crippen molar-refractivity contribution in [1.82, 2.24) is 10.3 Å². The highest BCUT2D eigenvalue weighted by atomic mass is 35.5. The van der Waals surface area contributed by atoms with Gasteiger partial charge in [-0.25, -0.2) is 0 Å². The highest BCUT2D eigenvalue weighted by Crippen LogP contribution is 2.31. The molecule has 4 nitrogen and oxygen atoms in total. The van der Waals surface area contributed by atoms with Gasteiger partial charge in [0.05, 0.1) is 16.9 Å². The van der Waals surface area contributed by atoms with Crippen LogP contribution in [0.3, 0.4) is 0 Å². The fourth-order valence-corrected chi connectivity index (χ4v) is 2.87. The van der Waals surface area contributed by atoms with Crippen LogP contribution in [0.2, 0.25) is 5.02 Å². The predicted octanol–water partition coefficient (Wildman–Crippen LogP) is 2.99. The summed E-state index contributed by atoms with van der Waals surface area (Å²) in [7, 11) is 1.94. The first-order chi connectivity index (χ1) is 9.15. The molecule has 0 bridgehead atoms. The van der Waals surface area contributed by atoms with Crippen LogP contribution in [0.5, 0.6) is 0 Å². The number of hydrogen-bond donors (Lipinski definition) is 2. The van der Waals surface area contributed by atoms with Crippen LogP contribution in [-0.4, -0.2) is 23.5 Å². The van der Waals surface area contributed by atoms with E-state index in [1.54, 1.807) is 18.5 Å². The SMILES string of the molecule is CNC1(CC(=O)Nc2cnccc2Cl)CCCCC1. The lowest BCUT2D eigenvalue weighted by molar-refractivity contribution is -0.117. The van der Waals surface area contributed by atoms with Gasteiger partial charge in [-0.05, 0) is 26.0 Å². The molecule has 0 atom stereocenters. The summed E-state index contributed by atoms with van der Waals surface area (Å²) in [4.78, 5) is 16.1. The maximum absolute atomic E-state index is 12.2. The maximum atomic E-state index is 12.2. The van der Waals surface area contributed by atoms with Gasteiger partial charge in [0.25, 0.3) is 0 Å². The third kappa shape index (κ3) is 3.67. The molecule has 0 aliphatic heterocycles. The van der Waals surface area contributed by atoms with Crippen LogP contribution < -0.4 is 10.6 Å². The fraction of sp³-hybridized carbons (Fsp3) is 0.571. The van der Waals surface area contributed by atoms with Crippen LogP contribution in [0.25, 0.3) is 0 Å². The maximum Gasteiger partial charge on any atom is 0.226 e. The van der Waals surface area contributed by atoms with Gasteiger partial charge in [-0.1, -0.05) is 30.9 Å². The minimum absolute atomic E-state index is 0.00819. The topological polar surface area (TPSA) is 54.0 Å². The zero-order valence-corrected chi connectivity index (χ0v) is 12.0. The number of carbonyl (C=O) groups excluding carboxylic acids is 1. The summed E-state index contributed by atoms with van der Waals surface area (Å²) < 4.78 is 0. The zero-order valence-electron chi connectivity index (χ0n) is 11.2. The zero-order chi connectivity index (χ0) is 13.7. The highest BCUT2D eigenvalue weighted by molar-refractivity contribution is 6.33. The number of aromatic nitrogens is 1. The molecule has 1 saturated carbocycles. The molecule has 1 aromatic rings. The number of carbonyl (C=O) groups is 1. The van der Waals surface area contributed by atoms with Crippen LogP contribution in [0.1, 0.15) is 38.5 Å². The van der Waals surface area contributed by atoms with E-state index in [0.29, 0.717) is 17.1 Å². The van der Waals surface area contributed by atoms with E-state index in [2.05, 4.69) is 15.6 Å². The molecule has 2 rings (SSSR count). The first-order valence-electron chi connectivity index (χ1n) is 6.73. The van der Waals surface area contributed by atoms with E-state index in [-0.39, 0.29) is 11.4 Å². The van der Waals surface area contributed by atoms with Crippen LogP contribution >= 0.6 is 11.6 Å². The average molecular weight is 282 g/mol. The van der Waals surface area contributed by atoms with Gasteiger partial charge in [-0.2, -0.15) is 0 Å². The van der Waals surface area contributed by atoms with E-state index in [4.69, 9.17) is 11.6 Å². The van der Waals surface area contributed by atoms with Crippen molar-refractivity contribution in [2.45, 2.75) is 44.1 Å². The Morgan fingerprint density at radius 3 is 2.79 bits per heavy atom. The van der Waals surface area contributed by atoms with Gasteiger partial charge < -0.3 is 10.6 Å². The molecule has 0 spiro atoms. The number of anilines is 1. The standard InChI is InChI=1S/C14H20ClN3O/c1-16-14(6-3-2-4-7-14)9-13(19)18-12-10-17-8-5-11(12)15/h5,8,10,16H,2-4,6-7,9H2,1H3,(H,18,19). The smallest absolute Gasteiger partial charge is 0.226 e. The quantitative estimate of drug-likeness (QED) is 0.892. The van der Waals surface area contributed by atoms with Crippen LogP contribution in [-0.2, 0) is 4.79 Å². The van der Waals surface area contributed by atoms with Crippen molar-refractivity contribution in [3.05, 3.63) is 23.5 Å². The van der Waals surface area contributed by atoms with Gasteiger partial charge >= 0.3 is 0 Å². The molecule has 1 aromatic heterocycles. The predicted molar refractivity (Wildman–Crippen MR) is 77.4 cm³/mol. The Hall–Kier alpha value is -1.13. The molecule has 0 radical (unpaired) electrons. The Labute approximate surface area is 118 Å². The van der Waals surface area contributed by atoms with E-state index >= 15 is 0 Å². The first kappa shape index (κ1) is 14.3. The third-order valence-electron chi connectivity index (χ3n) is 3.88. The molecular weight excluding hydrogens is 262 g/mol. The van der Waals surface area contributed by atoms with Crippen LogP contribution in [0, 0.1) is 0 Å². The number of amides is 1. The first-order valence-corrected chi connectivity index (χ1v) is 7.11. The normalized spacial score (nSPS) is 18.0. The second-order valence-corrected chi connectivity index (χ2v) is 5.58. The molecule has 1 aliphatic carbocycles. The molecule has 1 amide bonds. The van der Waals surface area contributed by atoms with E-state index in [9.17, 15) is 4.79 Å². The van der Waals surface area contributed by atoms with Gasteiger partial charge in [0.2, 0.25) is 5.91 Å². The van der Waals surface area contributed by atoms with E-state index < -0.39 is 0 Å². The van der Waals surface area contributed by atoms with Crippen LogP contribution in [0.15, 0.2) is 18.5 Å². The molecule has 0 unspecified atom stereocenters. The minimum atomic E-state index is -0.0585. The lowest BCUT2D eigenvalue weighted by atomic mass is 9.79. The average Bonchev–Trinajstić information content (AvgIpc) is 2.42. The summed E-state index contributed by atoms with van der Waals surface area (Å²) in [6.07, 6.45) is 9.40. The van der Waals surface area contributed by atoms with Crippen molar-refractivity contribution in [2.75, 3.05) is 12.4 Å². The number of nitrogens with one attached hydrogen (secondary N) is 2. The Morgan fingerprint density at radius 2 is 2.16 bits per heavy atom. The molecule has 0 saturated heterocycles. The Bertz CT molecular complexity index is 444. The fourth-order valence-electron chi connectivity index (χ4n) is 2.71. The number of hydrogen-bond acceptors (Lipinski definition) is 3. The van der Waals surface area contributed by atoms with E-state index in [1.165, 1.54) is 19.3 Å². The molecule has 2 N–H and O–H groups in total. The molecule has 104 valence electrons. The second kappa shape index (κ2) is 6.35. The van der Waals surface area contributed by atoms with Crippen molar-refractivity contribution < 1.29 is 4.79 Å². The summed E-state index contributed by atoms with van der Waals surface area (Å²) in [5, 5.41) is 6.70. The molecule has 1 heterocycles. The summed E-state index contributed by atoms with van der Waals surface area (Å²) in [6.45, 7) is 0. The largest absolute Gasteiger partial charge is 0.323 e. The van der Waals surface area contributed by atoms with E-state index in [0.717, 1.165) is 12.8 Å². The molecule has 0 aromatic carbocycles. The van der Waals surface area contributed by atoms with Crippen LogP contribution in [0.4, 0.5) is 5.69 Å². The van der Waals surface area contributed by atoms with Crippen molar-refractivity contribution in [3.8, 4) is 0 Å². The molecule has 19 heavy (non-hydrogen) atoms. The van der Waals surface area contributed by atoms with Crippen molar-refractivity contribution in [2.24, 2.45) is 0 Å². The third-order valence-corrected chi connectivity index (χ3v) is 4.21. The van der Waals surface area contributed by atoms with Gasteiger partial charge in [0, 0.05) is 18.2 Å². The number of halogens is 1. The lowest BCUT2D eigenvalue weighted by Crippen LogP contribution is -2.47. The second-order valence-electron chi connectivity index (χ2n) is 5.17. The van der Waals surface area contributed by atoms with Crippen molar-refractivity contribution in [1.29, 1.82) is 0 Å². The number of pyridine rings is 1. The van der Waals surface area contributed by atoms with Gasteiger partial charge in [0.15, 0.2) is 0 Å². The van der Waals surface area contributed by atoms with Gasteiger partial charge in [0.1, 0.15) is 0 Å².